The Morgan fingerprint density at radius 2 is 1.90 bits per heavy atom. The van der Waals surface area contributed by atoms with Crippen molar-refractivity contribution >= 4 is 11.9 Å². The van der Waals surface area contributed by atoms with Crippen LogP contribution in [-0.4, -0.2) is 54.7 Å². The molecule has 0 aromatic rings. The van der Waals surface area contributed by atoms with Gasteiger partial charge in [-0.05, 0) is 39.5 Å². The number of ether oxygens (including phenoxy) is 1. The van der Waals surface area contributed by atoms with Crippen molar-refractivity contribution in [3.05, 3.63) is 0 Å². The molecular formula is C14H25N3O3. The van der Waals surface area contributed by atoms with Crippen molar-refractivity contribution in [1.82, 2.24) is 15.5 Å². The van der Waals surface area contributed by atoms with Gasteiger partial charge in [-0.2, -0.15) is 0 Å². The van der Waals surface area contributed by atoms with E-state index < -0.39 is 0 Å². The Balaban J connectivity index is 1.72. The highest BCUT2D eigenvalue weighted by Gasteiger charge is 2.31. The summed E-state index contributed by atoms with van der Waals surface area (Å²) in [6, 6.07) is 0.169. The van der Waals surface area contributed by atoms with Gasteiger partial charge in [-0.15, -0.1) is 0 Å². The molecule has 2 aliphatic heterocycles. The van der Waals surface area contributed by atoms with Crippen molar-refractivity contribution in [2.75, 3.05) is 19.7 Å². The molecule has 0 aromatic heterocycles. The lowest BCUT2D eigenvalue weighted by Crippen LogP contribution is -2.51. The maximum Gasteiger partial charge on any atom is 0.315 e. The van der Waals surface area contributed by atoms with E-state index in [0.717, 1.165) is 25.7 Å². The molecule has 2 aliphatic rings. The molecule has 0 aromatic carbocycles. The molecule has 3 amide bonds. The van der Waals surface area contributed by atoms with Gasteiger partial charge in [-0.1, -0.05) is 0 Å². The molecule has 0 bridgehead atoms. The number of amides is 3. The number of carbonyl (C=O) groups excluding carboxylic acids is 2. The minimum atomic E-state index is -0.233. The molecule has 2 fully saturated rings. The molecule has 0 aliphatic carbocycles. The van der Waals surface area contributed by atoms with Crippen molar-refractivity contribution < 1.29 is 14.3 Å². The van der Waals surface area contributed by atoms with Crippen LogP contribution in [0.3, 0.4) is 0 Å². The Kier molecular flexibility index (Phi) is 5.23. The third kappa shape index (κ3) is 4.10. The van der Waals surface area contributed by atoms with E-state index in [1.165, 1.54) is 0 Å². The van der Waals surface area contributed by atoms with Crippen LogP contribution in [0.15, 0.2) is 0 Å². The summed E-state index contributed by atoms with van der Waals surface area (Å²) in [6.07, 6.45) is 3.20. The second-order valence-electron chi connectivity index (χ2n) is 5.87. The molecule has 1 atom stereocenters. The van der Waals surface area contributed by atoms with Crippen LogP contribution < -0.4 is 10.6 Å². The Morgan fingerprint density at radius 3 is 2.45 bits per heavy atom. The van der Waals surface area contributed by atoms with Gasteiger partial charge in [-0.3, -0.25) is 4.79 Å². The maximum absolute atomic E-state index is 12.2. The van der Waals surface area contributed by atoms with Crippen LogP contribution in [0.1, 0.15) is 39.5 Å². The second-order valence-corrected chi connectivity index (χ2v) is 5.87. The fourth-order valence-corrected chi connectivity index (χ4v) is 2.71. The first-order valence-electron chi connectivity index (χ1n) is 7.53. The summed E-state index contributed by atoms with van der Waals surface area (Å²) >= 11 is 0. The highest BCUT2D eigenvalue weighted by molar-refractivity contribution is 5.81. The van der Waals surface area contributed by atoms with Crippen molar-refractivity contribution in [3.8, 4) is 0 Å². The number of likely N-dealkylation sites (tertiary alicyclic amines) is 1. The molecule has 6 nitrogen and oxygen atoms in total. The number of rotatable bonds is 3. The second kappa shape index (κ2) is 6.92. The smallest absolute Gasteiger partial charge is 0.315 e. The number of nitrogens with zero attached hydrogens (tertiary/aromatic N) is 1. The number of hydrogen-bond acceptors (Lipinski definition) is 3. The number of carbonyl (C=O) groups is 2. The standard InChI is InChI=1S/C14H25N3O3/c1-10(2)15-14(19)16-11-5-7-17(8-6-11)13(18)12-4-3-9-20-12/h10-12H,3-9H2,1-2H3,(H2,15,16,19). The molecule has 0 spiro atoms. The monoisotopic (exact) mass is 283 g/mol. The molecule has 0 radical (unpaired) electrons. The van der Waals surface area contributed by atoms with Gasteiger partial charge in [0.25, 0.3) is 5.91 Å². The van der Waals surface area contributed by atoms with Crippen molar-refractivity contribution in [2.24, 2.45) is 0 Å². The molecule has 2 N–H and O–H groups in total. The summed E-state index contributed by atoms with van der Waals surface area (Å²) in [5, 5.41) is 5.78. The molecular weight excluding hydrogens is 258 g/mol. The molecule has 0 saturated carbocycles. The number of urea groups is 1. The van der Waals surface area contributed by atoms with E-state index in [2.05, 4.69) is 10.6 Å². The van der Waals surface area contributed by atoms with Crippen LogP contribution in [0, 0.1) is 0 Å². The SMILES string of the molecule is CC(C)NC(=O)NC1CCN(C(=O)C2CCCO2)CC1. The summed E-state index contributed by atoms with van der Waals surface area (Å²) in [6.45, 7) is 5.96. The summed E-state index contributed by atoms with van der Waals surface area (Å²) in [5.74, 6) is 0.118. The zero-order valence-corrected chi connectivity index (χ0v) is 12.4. The minimum Gasteiger partial charge on any atom is -0.368 e. The minimum absolute atomic E-state index is 0.118. The number of piperidine rings is 1. The predicted molar refractivity (Wildman–Crippen MR) is 75.4 cm³/mol. The lowest BCUT2D eigenvalue weighted by atomic mass is 10.0. The van der Waals surface area contributed by atoms with Gasteiger partial charge in [0, 0.05) is 31.8 Å². The van der Waals surface area contributed by atoms with Gasteiger partial charge in [0.05, 0.1) is 0 Å². The topological polar surface area (TPSA) is 70.7 Å². The van der Waals surface area contributed by atoms with Crippen LogP contribution >= 0.6 is 0 Å². The summed E-state index contributed by atoms with van der Waals surface area (Å²) < 4.78 is 5.43. The predicted octanol–water partition coefficient (Wildman–Crippen LogP) is 0.864. The fourth-order valence-electron chi connectivity index (χ4n) is 2.71. The van der Waals surface area contributed by atoms with Crippen molar-refractivity contribution in [1.29, 1.82) is 0 Å². The van der Waals surface area contributed by atoms with Gasteiger partial charge in [0.1, 0.15) is 6.10 Å². The van der Waals surface area contributed by atoms with Crippen LogP contribution in [0.4, 0.5) is 4.79 Å². The fraction of sp³-hybridized carbons (Fsp3) is 0.857. The average Bonchev–Trinajstić information content (AvgIpc) is 2.91. The Hall–Kier alpha value is -1.30. The molecule has 2 rings (SSSR count). The maximum atomic E-state index is 12.2. The van der Waals surface area contributed by atoms with Crippen LogP contribution in [0.25, 0.3) is 0 Å². The first-order chi connectivity index (χ1) is 9.56. The van der Waals surface area contributed by atoms with Crippen LogP contribution in [-0.2, 0) is 9.53 Å². The first kappa shape index (κ1) is 15.1. The summed E-state index contributed by atoms with van der Waals surface area (Å²) in [5.41, 5.74) is 0. The van der Waals surface area contributed by atoms with Crippen molar-refractivity contribution in [3.63, 3.8) is 0 Å². The largest absolute Gasteiger partial charge is 0.368 e. The van der Waals surface area contributed by atoms with Gasteiger partial charge in [-0.25, -0.2) is 4.79 Å². The summed E-state index contributed by atoms with van der Waals surface area (Å²) in [7, 11) is 0. The highest BCUT2D eigenvalue weighted by Crippen LogP contribution is 2.18. The van der Waals surface area contributed by atoms with Crippen molar-refractivity contribution in [2.45, 2.75) is 57.7 Å². The lowest BCUT2D eigenvalue weighted by Gasteiger charge is -2.33. The van der Waals surface area contributed by atoms with E-state index in [9.17, 15) is 9.59 Å². The van der Waals surface area contributed by atoms with E-state index >= 15 is 0 Å². The first-order valence-corrected chi connectivity index (χ1v) is 7.53. The van der Waals surface area contributed by atoms with Gasteiger partial charge in [0.15, 0.2) is 0 Å². The van der Waals surface area contributed by atoms with Gasteiger partial charge >= 0.3 is 6.03 Å². The molecule has 1 unspecified atom stereocenters. The van der Waals surface area contributed by atoms with Crippen LogP contribution in [0.2, 0.25) is 0 Å². The number of hydrogen-bond donors (Lipinski definition) is 2. The molecule has 114 valence electrons. The zero-order valence-electron chi connectivity index (χ0n) is 12.4. The Morgan fingerprint density at radius 1 is 1.20 bits per heavy atom. The normalized spacial score (nSPS) is 23.9. The van der Waals surface area contributed by atoms with Gasteiger partial charge in [0.2, 0.25) is 0 Å². The van der Waals surface area contributed by atoms with Gasteiger partial charge < -0.3 is 20.3 Å². The molecule has 6 heteroatoms. The average molecular weight is 283 g/mol. The highest BCUT2D eigenvalue weighted by atomic mass is 16.5. The van der Waals surface area contributed by atoms with Crippen LogP contribution in [0.5, 0.6) is 0 Å². The quantitative estimate of drug-likeness (QED) is 0.807. The van der Waals surface area contributed by atoms with E-state index in [0.29, 0.717) is 19.7 Å². The lowest BCUT2D eigenvalue weighted by molar-refractivity contribution is -0.142. The van der Waals surface area contributed by atoms with E-state index in [4.69, 9.17) is 4.74 Å². The van der Waals surface area contributed by atoms with E-state index in [-0.39, 0.29) is 30.1 Å². The summed E-state index contributed by atoms with van der Waals surface area (Å²) in [4.78, 5) is 25.7. The molecule has 2 heterocycles. The third-order valence-corrected chi connectivity index (χ3v) is 3.77. The Bertz CT molecular complexity index is 346. The number of nitrogens with one attached hydrogen (secondary N) is 2. The third-order valence-electron chi connectivity index (χ3n) is 3.77. The van der Waals surface area contributed by atoms with E-state index in [1.807, 2.05) is 18.7 Å². The Labute approximate surface area is 120 Å². The molecule has 2 saturated heterocycles. The van der Waals surface area contributed by atoms with E-state index in [1.54, 1.807) is 0 Å². The molecule has 20 heavy (non-hydrogen) atoms. The zero-order chi connectivity index (χ0) is 14.5.